The first-order valence-corrected chi connectivity index (χ1v) is 9.51. The number of nitro benzene ring substituents is 1. The summed E-state index contributed by atoms with van der Waals surface area (Å²) in [7, 11) is -3.53. The summed E-state index contributed by atoms with van der Waals surface area (Å²) in [6, 6.07) is 12.8. The average molecular weight is 364 g/mol. The lowest BCUT2D eigenvalue weighted by atomic mass is 9.92. The fourth-order valence-electron chi connectivity index (χ4n) is 2.42. The van der Waals surface area contributed by atoms with E-state index in [-0.39, 0.29) is 22.8 Å². The van der Waals surface area contributed by atoms with Crippen molar-refractivity contribution in [1.29, 1.82) is 0 Å². The summed E-state index contributed by atoms with van der Waals surface area (Å²) in [6.45, 7) is 1.95. The average Bonchev–Trinajstić information content (AvgIpc) is 2.54. The summed E-state index contributed by atoms with van der Waals surface area (Å²) in [5.41, 5.74) is -0.447. The molecule has 2 N–H and O–H groups in total. The van der Waals surface area contributed by atoms with Gasteiger partial charge < -0.3 is 10.4 Å². The Morgan fingerprint density at radius 1 is 1.20 bits per heavy atom. The van der Waals surface area contributed by atoms with Crippen LogP contribution in [0.3, 0.4) is 0 Å². The van der Waals surface area contributed by atoms with Crippen molar-refractivity contribution in [3.63, 3.8) is 0 Å². The maximum Gasteiger partial charge on any atom is 0.293 e. The Morgan fingerprint density at radius 2 is 1.84 bits per heavy atom. The number of anilines is 1. The molecule has 0 aromatic heterocycles. The van der Waals surface area contributed by atoms with Crippen LogP contribution in [-0.2, 0) is 15.4 Å². The molecule has 0 aliphatic rings. The molecule has 0 heterocycles. The highest BCUT2D eigenvalue weighted by Crippen LogP contribution is 2.29. The van der Waals surface area contributed by atoms with Crippen molar-refractivity contribution in [3.05, 3.63) is 64.2 Å². The highest BCUT2D eigenvalue weighted by atomic mass is 32.2. The third kappa shape index (κ3) is 4.77. The second-order valence-electron chi connectivity index (χ2n) is 6.02. The van der Waals surface area contributed by atoms with Crippen molar-refractivity contribution in [3.8, 4) is 0 Å². The molecule has 0 radical (unpaired) electrons. The molecule has 0 aliphatic heterocycles. The van der Waals surface area contributed by atoms with Crippen LogP contribution in [0.1, 0.15) is 18.9 Å². The van der Waals surface area contributed by atoms with E-state index < -0.39 is 20.4 Å². The molecule has 134 valence electrons. The minimum Gasteiger partial charge on any atom is -0.385 e. The second kappa shape index (κ2) is 7.20. The molecule has 0 bridgehead atoms. The van der Waals surface area contributed by atoms with Crippen LogP contribution in [0.5, 0.6) is 0 Å². The van der Waals surface area contributed by atoms with E-state index >= 15 is 0 Å². The molecule has 7 nitrogen and oxygen atoms in total. The Bertz CT molecular complexity index is 864. The summed E-state index contributed by atoms with van der Waals surface area (Å²) >= 11 is 0. The Labute approximate surface area is 146 Å². The smallest absolute Gasteiger partial charge is 0.293 e. The molecule has 0 saturated carbocycles. The van der Waals surface area contributed by atoms with E-state index in [1.54, 1.807) is 6.92 Å². The van der Waals surface area contributed by atoms with E-state index in [0.29, 0.717) is 6.42 Å². The van der Waals surface area contributed by atoms with Crippen LogP contribution in [-0.4, -0.2) is 31.2 Å². The third-order valence-corrected chi connectivity index (χ3v) is 5.03. The molecule has 1 atom stereocenters. The molecule has 2 aromatic carbocycles. The maximum atomic E-state index is 11.5. The number of hydrogen-bond donors (Lipinski definition) is 2. The van der Waals surface area contributed by atoms with Crippen LogP contribution in [0, 0.1) is 10.1 Å². The molecule has 0 amide bonds. The van der Waals surface area contributed by atoms with Gasteiger partial charge in [0.15, 0.2) is 9.84 Å². The number of nitro groups is 1. The highest BCUT2D eigenvalue weighted by Gasteiger charge is 2.23. The van der Waals surface area contributed by atoms with Crippen molar-refractivity contribution < 1.29 is 18.4 Å². The van der Waals surface area contributed by atoms with Crippen LogP contribution >= 0.6 is 0 Å². The van der Waals surface area contributed by atoms with Crippen LogP contribution in [0.15, 0.2) is 53.4 Å². The van der Waals surface area contributed by atoms with Gasteiger partial charge in [0.2, 0.25) is 0 Å². The molecule has 2 rings (SSSR count). The van der Waals surface area contributed by atoms with Crippen molar-refractivity contribution in [2.45, 2.75) is 23.8 Å². The zero-order valence-electron chi connectivity index (χ0n) is 14.0. The van der Waals surface area contributed by atoms with E-state index in [4.69, 9.17) is 0 Å². The SMILES string of the molecule is CC(O)(CCNc1ccc(S(C)(=O)=O)cc1[N+](=O)[O-])c1ccccc1. The minimum atomic E-state index is -3.53. The largest absolute Gasteiger partial charge is 0.385 e. The Balaban J connectivity index is 2.14. The van der Waals surface area contributed by atoms with Gasteiger partial charge >= 0.3 is 0 Å². The molecule has 0 spiro atoms. The molecule has 25 heavy (non-hydrogen) atoms. The maximum absolute atomic E-state index is 11.5. The van der Waals surface area contributed by atoms with Gasteiger partial charge in [-0.05, 0) is 31.0 Å². The summed E-state index contributed by atoms with van der Waals surface area (Å²) < 4.78 is 23.1. The number of nitrogens with zero attached hydrogens (tertiary/aromatic N) is 1. The standard InChI is InChI=1S/C17H20N2O5S/c1-17(20,13-6-4-3-5-7-13)10-11-18-15-9-8-14(25(2,23)24)12-16(15)19(21)22/h3-9,12,18,20H,10-11H2,1-2H3. The lowest BCUT2D eigenvalue weighted by Crippen LogP contribution is -2.24. The van der Waals surface area contributed by atoms with Crippen molar-refractivity contribution >= 4 is 21.2 Å². The molecule has 0 saturated heterocycles. The fourth-order valence-corrected chi connectivity index (χ4v) is 3.07. The van der Waals surface area contributed by atoms with E-state index in [1.807, 2.05) is 30.3 Å². The molecule has 2 aromatic rings. The molecular weight excluding hydrogens is 344 g/mol. The normalized spacial score (nSPS) is 13.9. The first-order valence-electron chi connectivity index (χ1n) is 7.61. The Hall–Kier alpha value is -2.45. The van der Waals surface area contributed by atoms with Gasteiger partial charge in [0, 0.05) is 18.9 Å². The van der Waals surface area contributed by atoms with Gasteiger partial charge in [-0.2, -0.15) is 0 Å². The van der Waals surface area contributed by atoms with E-state index in [0.717, 1.165) is 17.9 Å². The van der Waals surface area contributed by atoms with Crippen molar-refractivity contribution in [2.75, 3.05) is 18.1 Å². The highest BCUT2D eigenvalue weighted by molar-refractivity contribution is 7.90. The molecule has 8 heteroatoms. The van der Waals surface area contributed by atoms with Gasteiger partial charge in [0.1, 0.15) is 5.69 Å². The van der Waals surface area contributed by atoms with E-state index in [1.165, 1.54) is 12.1 Å². The van der Waals surface area contributed by atoms with Crippen LogP contribution in [0.2, 0.25) is 0 Å². The molecular formula is C17H20N2O5S. The summed E-state index contributed by atoms with van der Waals surface area (Å²) in [5, 5.41) is 24.6. The van der Waals surface area contributed by atoms with Gasteiger partial charge in [-0.1, -0.05) is 30.3 Å². The zero-order valence-corrected chi connectivity index (χ0v) is 14.8. The van der Waals surface area contributed by atoms with Crippen LogP contribution < -0.4 is 5.32 Å². The van der Waals surface area contributed by atoms with E-state index in [2.05, 4.69) is 5.32 Å². The summed E-state index contributed by atoms with van der Waals surface area (Å²) in [4.78, 5) is 10.5. The summed E-state index contributed by atoms with van der Waals surface area (Å²) in [5.74, 6) is 0. The number of rotatable bonds is 7. The number of benzene rings is 2. The lowest BCUT2D eigenvalue weighted by molar-refractivity contribution is -0.384. The fraction of sp³-hybridized carbons (Fsp3) is 0.294. The van der Waals surface area contributed by atoms with E-state index in [9.17, 15) is 23.6 Å². The van der Waals surface area contributed by atoms with Crippen LogP contribution in [0.4, 0.5) is 11.4 Å². The number of aliphatic hydroxyl groups is 1. The first kappa shape index (κ1) is 18.9. The topological polar surface area (TPSA) is 110 Å². The van der Waals surface area contributed by atoms with Gasteiger partial charge in [0.05, 0.1) is 15.4 Å². The van der Waals surface area contributed by atoms with Crippen molar-refractivity contribution in [1.82, 2.24) is 0 Å². The molecule has 0 fully saturated rings. The zero-order chi connectivity index (χ0) is 18.7. The quantitative estimate of drug-likeness (QED) is 0.577. The Kier molecular flexibility index (Phi) is 5.44. The first-order chi connectivity index (χ1) is 11.6. The number of sulfone groups is 1. The number of nitrogens with one attached hydrogen (secondary N) is 1. The number of hydrogen-bond acceptors (Lipinski definition) is 6. The second-order valence-corrected chi connectivity index (χ2v) is 8.04. The van der Waals surface area contributed by atoms with Gasteiger partial charge in [0.25, 0.3) is 5.69 Å². The van der Waals surface area contributed by atoms with Gasteiger partial charge in [-0.15, -0.1) is 0 Å². The molecule has 1 unspecified atom stereocenters. The monoisotopic (exact) mass is 364 g/mol. The lowest BCUT2D eigenvalue weighted by Gasteiger charge is -2.24. The van der Waals surface area contributed by atoms with Crippen molar-refractivity contribution in [2.24, 2.45) is 0 Å². The summed E-state index contributed by atoms with van der Waals surface area (Å²) in [6.07, 6.45) is 1.32. The minimum absolute atomic E-state index is 0.110. The predicted molar refractivity (Wildman–Crippen MR) is 95.3 cm³/mol. The predicted octanol–water partition coefficient (Wildman–Crippen LogP) is 2.71. The Morgan fingerprint density at radius 3 is 2.40 bits per heavy atom. The third-order valence-electron chi connectivity index (χ3n) is 3.92. The van der Waals surface area contributed by atoms with Gasteiger partial charge in [-0.3, -0.25) is 10.1 Å². The van der Waals surface area contributed by atoms with Gasteiger partial charge in [-0.25, -0.2) is 8.42 Å². The molecule has 0 aliphatic carbocycles. The van der Waals surface area contributed by atoms with Crippen LogP contribution in [0.25, 0.3) is 0 Å².